The van der Waals surface area contributed by atoms with Gasteiger partial charge in [0.25, 0.3) is 0 Å². The van der Waals surface area contributed by atoms with E-state index < -0.39 is 0 Å². The first-order valence-corrected chi connectivity index (χ1v) is 5.20. The van der Waals surface area contributed by atoms with Crippen molar-refractivity contribution in [2.24, 2.45) is 4.99 Å². The Kier molecular flexibility index (Phi) is 3.15. The fourth-order valence-corrected chi connectivity index (χ4v) is 1.72. The molecule has 2 rings (SSSR count). The van der Waals surface area contributed by atoms with Crippen molar-refractivity contribution in [2.75, 3.05) is 20.3 Å². The third-order valence-electron chi connectivity index (χ3n) is 2.58. The molecule has 1 aliphatic heterocycles. The fourth-order valence-electron chi connectivity index (χ4n) is 1.72. The Morgan fingerprint density at radius 1 is 1.44 bits per heavy atom. The highest BCUT2D eigenvalue weighted by Gasteiger charge is 2.10. The number of allylic oxidation sites excluding steroid dienone is 1. The average Bonchev–Trinajstić information content (AvgIpc) is 2.71. The maximum Gasteiger partial charge on any atom is 0.126 e. The summed E-state index contributed by atoms with van der Waals surface area (Å²) < 4.78 is 18.2. The second kappa shape index (κ2) is 4.58. The van der Waals surface area contributed by atoms with E-state index in [1.165, 1.54) is 6.07 Å². The van der Waals surface area contributed by atoms with Gasteiger partial charge in [0, 0.05) is 12.7 Å². The molecule has 0 amide bonds. The Hall–Kier alpha value is -1.48. The van der Waals surface area contributed by atoms with Crippen LogP contribution in [0.15, 0.2) is 34.8 Å². The highest BCUT2D eigenvalue weighted by molar-refractivity contribution is 6.10. The number of aliphatic imine (C=N–C) groups is 1. The maximum absolute atomic E-state index is 13.1. The minimum absolute atomic E-state index is 0.177. The molecule has 1 heterocycles. The third kappa shape index (κ3) is 2.19. The van der Waals surface area contributed by atoms with Crippen molar-refractivity contribution in [2.45, 2.75) is 6.92 Å². The highest BCUT2D eigenvalue weighted by atomic mass is 19.1. The Labute approximate surface area is 94.5 Å². The van der Waals surface area contributed by atoms with E-state index in [0.717, 1.165) is 16.8 Å². The van der Waals surface area contributed by atoms with Crippen molar-refractivity contribution < 1.29 is 9.13 Å². The predicted molar refractivity (Wildman–Crippen MR) is 62.5 cm³/mol. The van der Waals surface area contributed by atoms with Crippen LogP contribution in [0.4, 0.5) is 4.39 Å². The van der Waals surface area contributed by atoms with Crippen LogP contribution < -0.4 is 0 Å². The second-order valence-electron chi connectivity index (χ2n) is 3.90. The number of hydrogen-bond acceptors (Lipinski definition) is 2. The summed E-state index contributed by atoms with van der Waals surface area (Å²) in [4.78, 5) is 4.40. The second-order valence-corrected chi connectivity index (χ2v) is 3.90. The molecule has 0 bridgehead atoms. The average molecular weight is 219 g/mol. The smallest absolute Gasteiger partial charge is 0.126 e. The Balaban J connectivity index is 2.23. The standard InChI is InChI=1S/C13H14FNO/c1-9-5-11(3-4-12(9)14)13-6-10(7-15-13)8-16-2/h3-6H,7-8H2,1-2H3. The zero-order valence-corrected chi connectivity index (χ0v) is 9.46. The molecule has 0 unspecified atom stereocenters. The lowest BCUT2D eigenvalue weighted by Crippen LogP contribution is -1.97. The van der Waals surface area contributed by atoms with Crippen LogP contribution in [-0.2, 0) is 4.74 Å². The first kappa shape index (κ1) is 11.0. The third-order valence-corrected chi connectivity index (χ3v) is 2.58. The Bertz CT molecular complexity index is 463. The fraction of sp³-hybridized carbons (Fsp3) is 0.308. The number of rotatable bonds is 3. The van der Waals surface area contributed by atoms with Crippen LogP contribution in [0, 0.1) is 12.7 Å². The lowest BCUT2D eigenvalue weighted by molar-refractivity contribution is 0.225. The molecule has 1 aromatic carbocycles. The molecule has 84 valence electrons. The topological polar surface area (TPSA) is 21.6 Å². The SMILES string of the molecule is COCC1=CC(c2ccc(F)c(C)c2)=NC1. The van der Waals surface area contributed by atoms with E-state index in [-0.39, 0.29) is 5.82 Å². The van der Waals surface area contributed by atoms with Crippen molar-refractivity contribution in [3.05, 3.63) is 46.8 Å². The molecule has 0 saturated carbocycles. The molecule has 0 spiro atoms. The normalized spacial score (nSPS) is 14.9. The molecule has 0 aliphatic carbocycles. The van der Waals surface area contributed by atoms with E-state index in [0.29, 0.717) is 18.7 Å². The molecule has 2 nitrogen and oxygen atoms in total. The van der Waals surface area contributed by atoms with E-state index in [2.05, 4.69) is 4.99 Å². The predicted octanol–water partition coefficient (Wildman–Crippen LogP) is 2.51. The number of aryl methyl sites for hydroxylation is 1. The van der Waals surface area contributed by atoms with Gasteiger partial charge in [-0.2, -0.15) is 0 Å². The molecule has 0 aromatic heterocycles. The van der Waals surface area contributed by atoms with Crippen molar-refractivity contribution in [3.8, 4) is 0 Å². The monoisotopic (exact) mass is 219 g/mol. The minimum Gasteiger partial charge on any atom is -0.380 e. The summed E-state index contributed by atoms with van der Waals surface area (Å²) in [5, 5.41) is 0. The summed E-state index contributed by atoms with van der Waals surface area (Å²) in [7, 11) is 1.67. The van der Waals surface area contributed by atoms with Gasteiger partial charge < -0.3 is 4.74 Å². The van der Waals surface area contributed by atoms with Gasteiger partial charge in [-0.25, -0.2) is 4.39 Å². The van der Waals surface area contributed by atoms with Gasteiger partial charge in [-0.1, -0.05) is 0 Å². The van der Waals surface area contributed by atoms with Gasteiger partial charge in [0.05, 0.1) is 18.9 Å². The zero-order chi connectivity index (χ0) is 11.5. The quantitative estimate of drug-likeness (QED) is 0.765. The van der Waals surface area contributed by atoms with E-state index in [1.54, 1.807) is 20.1 Å². The van der Waals surface area contributed by atoms with Crippen LogP contribution in [0.25, 0.3) is 0 Å². The number of halogens is 1. The van der Waals surface area contributed by atoms with Gasteiger partial charge in [0.1, 0.15) is 5.82 Å². The molecule has 1 aliphatic rings. The summed E-state index contributed by atoms with van der Waals surface area (Å²) >= 11 is 0. The maximum atomic E-state index is 13.1. The van der Waals surface area contributed by atoms with Crippen molar-refractivity contribution in [1.82, 2.24) is 0 Å². The Morgan fingerprint density at radius 3 is 2.94 bits per heavy atom. The van der Waals surface area contributed by atoms with E-state index in [9.17, 15) is 4.39 Å². The molecule has 3 heteroatoms. The van der Waals surface area contributed by atoms with Crippen LogP contribution in [-0.4, -0.2) is 26.0 Å². The summed E-state index contributed by atoms with van der Waals surface area (Å²) in [6.45, 7) is 3.04. The molecule has 0 fully saturated rings. The first-order chi connectivity index (χ1) is 7.70. The van der Waals surface area contributed by atoms with E-state index in [4.69, 9.17) is 4.74 Å². The Morgan fingerprint density at radius 2 is 2.25 bits per heavy atom. The number of hydrogen-bond donors (Lipinski definition) is 0. The number of ether oxygens (including phenoxy) is 1. The van der Waals surface area contributed by atoms with Gasteiger partial charge in [-0.05, 0) is 42.3 Å². The van der Waals surface area contributed by atoms with Gasteiger partial charge >= 0.3 is 0 Å². The van der Waals surface area contributed by atoms with Gasteiger partial charge in [0.15, 0.2) is 0 Å². The molecule has 0 atom stereocenters. The van der Waals surface area contributed by atoms with E-state index >= 15 is 0 Å². The summed E-state index contributed by atoms with van der Waals surface area (Å²) in [5.74, 6) is -0.177. The molecular formula is C13H14FNO. The van der Waals surface area contributed by atoms with Gasteiger partial charge in [-0.3, -0.25) is 4.99 Å². The van der Waals surface area contributed by atoms with Crippen LogP contribution in [0.1, 0.15) is 11.1 Å². The van der Waals surface area contributed by atoms with Gasteiger partial charge in [-0.15, -0.1) is 0 Å². The summed E-state index contributed by atoms with van der Waals surface area (Å²) in [6.07, 6.45) is 2.01. The van der Waals surface area contributed by atoms with Crippen molar-refractivity contribution in [3.63, 3.8) is 0 Å². The highest BCUT2D eigenvalue weighted by Crippen LogP contribution is 2.15. The lowest BCUT2D eigenvalue weighted by atomic mass is 10.1. The summed E-state index contributed by atoms with van der Waals surface area (Å²) in [5.41, 5.74) is 3.67. The van der Waals surface area contributed by atoms with Gasteiger partial charge in [0.2, 0.25) is 0 Å². The van der Waals surface area contributed by atoms with Crippen LogP contribution in [0.2, 0.25) is 0 Å². The number of benzene rings is 1. The van der Waals surface area contributed by atoms with Crippen molar-refractivity contribution in [1.29, 1.82) is 0 Å². The lowest BCUT2D eigenvalue weighted by Gasteiger charge is -2.01. The molecule has 0 saturated heterocycles. The molecule has 16 heavy (non-hydrogen) atoms. The summed E-state index contributed by atoms with van der Waals surface area (Å²) in [6, 6.07) is 5.06. The first-order valence-electron chi connectivity index (χ1n) is 5.20. The van der Waals surface area contributed by atoms with Crippen LogP contribution in [0.5, 0.6) is 0 Å². The minimum atomic E-state index is -0.177. The molecule has 0 N–H and O–H groups in total. The molecular weight excluding hydrogens is 205 g/mol. The molecule has 1 aromatic rings. The molecule has 0 radical (unpaired) electrons. The van der Waals surface area contributed by atoms with Crippen LogP contribution >= 0.6 is 0 Å². The zero-order valence-electron chi connectivity index (χ0n) is 9.46. The number of nitrogens with zero attached hydrogens (tertiary/aromatic N) is 1. The van der Waals surface area contributed by atoms with Crippen molar-refractivity contribution >= 4 is 5.71 Å². The van der Waals surface area contributed by atoms with Crippen LogP contribution in [0.3, 0.4) is 0 Å². The number of methoxy groups -OCH3 is 1. The largest absolute Gasteiger partial charge is 0.380 e. The van der Waals surface area contributed by atoms with E-state index in [1.807, 2.05) is 12.1 Å².